The van der Waals surface area contributed by atoms with Crippen LogP contribution in [0.2, 0.25) is 0 Å². The number of halogens is 1. The topological polar surface area (TPSA) is 99.9 Å². The van der Waals surface area contributed by atoms with Gasteiger partial charge in [0.15, 0.2) is 11.6 Å². The van der Waals surface area contributed by atoms with E-state index in [2.05, 4.69) is 4.72 Å². The maximum Gasteiger partial charge on any atom is 0.296 e. The predicted molar refractivity (Wildman–Crippen MR) is 132 cm³/mol. The van der Waals surface area contributed by atoms with Gasteiger partial charge in [-0.2, -0.15) is 8.42 Å². The average Bonchev–Trinajstić information content (AvgIpc) is 2.78. The first-order chi connectivity index (χ1) is 16.1. The monoisotopic (exact) mass is 486 g/mol. The molecule has 3 aromatic carbocycles. The van der Waals surface area contributed by atoms with Gasteiger partial charge in [-0.05, 0) is 67.4 Å². The lowest BCUT2D eigenvalue weighted by Crippen LogP contribution is -2.21. The van der Waals surface area contributed by atoms with Crippen molar-refractivity contribution < 1.29 is 27.0 Å². The zero-order valence-electron chi connectivity index (χ0n) is 19.4. The molecule has 0 heterocycles. The molecule has 0 aliphatic rings. The van der Waals surface area contributed by atoms with Gasteiger partial charge in [0, 0.05) is 16.8 Å². The normalized spacial score (nSPS) is 11.0. The number of benzene rings is 3. The molecule has 0 atom stereocenters. The van der Waals surface area contributed by atoms with Crippen LogP contribution >= 0.6 is 0 Å². The van der Waals surface area contributed by atoms with Gasteiger partial charge in [-0.1, -0.05) is 23.8 Å². The van der Waals surface area contributed by atoms with E-state index in [0.717, 1.165) is 11.1 Å². The molecule has 0 saturated heterocycles. The Morgan fingerprint density at radius 2 is 1.47 bits per heavy atom. The Hall–Kier alpha value is -3.56. The fraction of sp³-hybridized carbons (Fsp3) is 0.200. The van der Waals surface area contributed by atoms with Crippen molar-refractivity contribution in [2.45, 2.75) is 13.8 Å². The largest absolute Gasteiger partial charge is 0.496 e. The molecule has 0 unspecified atom stereocenters. The highest BCUT2D eigenvalue weighted by molar-refractivity contribution is 7.90. The van der Waals surface area contributed by atoms with Gasteiger partial charge in [0.1, 0.15) is 18.1 Å². The van der Waals surface area contributed by atoms with Gasteiger partial charge in [0.25, 0.3) is 10.2 Å². The number of anilines is 1. The molecule has 3 rings (SSSR count). The third-order valence-corrected chi connectivity index (χ3v) is 5.47. The molecule has 0 bridgehead atoms. The summed E-state index contributed by atoms with van der Waals surface area (Å²) in [6, 6.07) is 14.9. The molecular formula is C25H27FN2O5S. The Kier molecular flexibility index (Phi) is 7.80. The summed E-state index contributed by atoms with van der Waals surface area (Å²) >= 11 is 0. The Bertz CT molecular complexity index is 1300. The minimum absolute atomic E-state index is 0.164. The maximum absolute atomic E-state index is 14.7. The van der Waals surface area contributed by atoms with Crippen molar-refractivity contribution in [1.82, 2.24) is 0 Å². The van der Waals surface area contributed by atoms with Crippen LogP contribution in [-0.4, -0.2) is 29.2 Å². The summed E-state index contributed by atoms with van der Waals surface area (Å²) in [4.78, 5) is 0. The predicted octanol–water partition coefficient (Wildman–Crippen LogP) is 5.14. The van der Waals surface area contributed by atoms with E-state index >= 15 is 0 Å². The van der Waals surface area contributed by atoms with Gasteiger partial charge in [-0.3, -0.25) is 4.72 Å². The van der Waals surface area contributed by atoms with E-state index in [1.165, 1.54) is 20.3 Å². The first-order valence-electron chi connectivity index (χ1n) is 10.3. The van der Waals surface area contributed by atoms with Crippen molar-refractivity contribution >= 4 is 15.9 Å². The highest BCUT2D eigenvalue weighted by atomic mass is 32.2. The Morgan fingerprint density at radius 3 is 1.97 bits per heavy atom. The smallest absolute Gasteiger partial charge is 0.296 e. The zero-order chi connectivity index (χ0) is 24.9. The third-order valence-electron chi connectivity index (χ3n) is 4.95. The zero-order valence-corrected chi connectivity index (χ0v) is 20.2. The van der Waals surface area contributed by atoms with Crippen molar-refractivity contribution in [3.63, 3.8) is 0 Å². The first kappa shape index (κ1) is 25.1. The second kappa shape index (κ2) is 10.6. The lowest BCUT2D eigenvalue weighted by Gasteiger charge is -2.16. The van der Waals surface area contributed by atoms with Gasteiger partial charge in [0.05, 0.1) is 14.2 Å². The number of nitrogens with two attached hydrogens (primary N) is 1. The molecule has 180 valence electrons. The highest BCUT2D eigenvalue weighted by Crippen LogP contribution is 2.41. The van der Waals surface area contributed by atoms with Gasteiger partial charge >= 0.3 is 0 Å². The molecule has 0 amide bonds. The van der Waals surface area contributed by atoms with Gasteiger partial charge < -0.3 is 14.2 Å². The summed E-state index contributed by atoms with van der Waals surface area (Å²) in [6.07, 6.45) is 1.87. The minimum Gasteiger partial charge on any atom is -0.496 e. The van der Waals surface area contributed by atoms with Crippen molar-refractivity contribution in [3.8, 4) is 39.5 Å². The van der Waals surface area contributed by atoms with Crippen molar-refractivity contribution in [2.24, 2.45) is 5.14 Å². The van der Waals surface area contributed by atoms with E-state index < -0.39 is 16.0 Å². The van der Waals surface area contributed by atoms with E-state index in [0.29, 0.717) is 33.9 Å². The first-order valence-corrected chi connectivity index (χ1v) is 11.9. The number of rotatable bonds is 9. The van der Waals surface area contributed by atoms with Crippen LogP contribution in [0.1, 0.15) is 13.8 Å². The van der Waals surface area contributed by atoms with E-state index in [9.17, 15) is 12.8 Å². The standard InChI is InChI=1S/C25H27FN2O5S/c1-16(2)11-12-33-23-10-7-18(13-22(23)26)21-15-24(31-3)20(14-25(21)32-4)17-5-8-19(9-6-17)28-34(27,29)30/h5-11,13-15,28H,12H2,1-4H3,(H2,27,29,30). The van der Waals surface area contributed by atoms with Crippen molar-refractivity contribution in [2.75, 3.05) is 25.5 Å². The van der Waals surface area contributed by atoms with Crippen LogP contribution in [0.4, 0.5) is 10.1 Å². The minimum atomic E-state index is -3.87. The fourth-order valence-corrected chi connectivity index (χ4v) is 3.78. The molecular weight excluding hydrogens is 459 g/mol. The summed E-state index contributed by atoms with van der Waals surface area (Å²) in [5.74, 6) is 0.729. The quantitative estimate of drug-likeness (QED) is 0.408. The lowest BCUT2D eigenvalue weighted by molar-refractivity contribution is 0.341. The average molecular weight is 487 g/mol. The SMILES string of the molecule is COc1cc(-c2ccc(OCC=C(C)C)c(F)c2)c(OC)cc1-c1ccc(NS(N)(=O)=O)cc1. The Morgan fingerprint density at radius 1 is 0.912 bits per heavy atom. The van der Waals surface area contributed by atoms with Crippen LogP contribution < -0.4 is 24.1 Å². The molecule has 9 heteroatoms. The number of hydrogen-bond donors (Lipinski definition) is 2. The number of methoxy groups -OCH3 is 2. The highest BCUT2D eigenvalue weighted by Gasteiger charge is 2.16. The molecule has 0 spiro atoms. The van der Waals surface area contributed by atoms with Crippen LogP contribution in [0.3, 0.4) is 0 Å². The second-order valence-corrected chi connectivity index (χ2v) is 9.01. The van der Waals surface area contributed by atoms with Gasteiger partial charge in [0.2, 0.25) is 0 Å². The van der Waals surface area contributed by atoms with Crippen LogP contribution in [0, 0.1) is 5.82 Å². The van der Waals surface area contributed by atoms with E-state index in [1.54, 1.807) is 48.5 Å². The third kappa shape index (κ3) is 6.27. The molecule has 7 nitrogen and oxygen atoms in total. The second-order valence-electron chi connectivity index (χ2n) is 7.71. The van der Waals surface area contributed by atoms with Crippen molar-refractivity contribution in [1.29, 1.82) is 0 Å². The number of allylic oxidation sites excluding steroid dienone is 1. The summed E-state index contributed by atoms with van der Waals surface area (Å²) in [6.45, 7) is 4.18. The Labute approximate surface area is 199 Å². The number of nitrogens with one attached hydrogen (secondary N) is 1. The van der Waals surface area contributed by atoms with Crippen LogP contribution in [-0.2, 0) is 10.2 Å². The van der Waals surface area contributed by atoms with Crippen LogP contribution in [0.25, 0.3) is 22.3 Å². The molecule has 0 aliphatic heterocycles. The summed E-state index contributed by atoms with van der Waals surface area (Å²) in [5.41, 5.74) is 4.13. The number of ether oxygens (including phenoxy) is 3. The maximum atomic E-state index is 14.7. The summed E-state index contributed by atoms with van der Waals surface area (Å²) in [7, 11) is -0.804. The molecule has 34 heavy (non-hydrogen) atoms. The van der Waals surface area contributed by atoms with Gasteiger partial charge in [-0.15, -0.1) is 0 Å². The molecule has 0 aliphatic carbocycles. The Balaban J connectivity index is 1.97. The van der Waals surface area contributed by atoms with Crippen molar-refractivity contribution in [3.05, 3.63) is 72.1 Å². The molecule has 3 aromatic rings. The molecule has 0 radical (unpaired) electrons. The molecule has 0 fully saturated rings. The lowest BCUT2D eigenvalue weighted by atomic mass is 9.97. The molecule has 0 saturated carbocycles. The fourth-order valence-electron chi connectivity index (χ4n) is 3.31. The molecule has 0 aromatic heterocycles. The number of hydrogen-bond acceptors (Lipinski definition) is 5. The summed E-state index contributed by atoms with van der Waals surface area (Å²) < 4.78 is 56.0. The summed E-state index contributed by atoms with van der Waals surface area (Å²) in [5, 5.41) is 5.02. The van der Waals surface area contributed by atoms with E-state index in [1.807, 2.05) is 19.9 Å². The van der Waals surface area contributed by atoms with Crippen LogP contribution in [0.15, 0.2) is 66.2 Å². The van der Waals surface area contributed by atoms with E-state index in [-0.39, 0.29) is 12.4 Å². The molecule has 3 N–H and O–H groups in total. The van der Waals surface area contributed by atoms with Gasteiger partial charge in [-0.25, -0.2) is 9.53 Å². The van der Waals surface area contributed by atoms with Crippen LogP contribution in [0.5, 0.6) is 17.2 Å². The van der Waals surface area contributed by atoms with E-state index in [4.69, 9.17) is 19.3 Å².